The summed E-state index contributed by atoms with van der Waals surface area (Å²) < 4.78 is 15.5. The van der Waals surface area contributed by atoms with Crippen molar-refractivity contribution in [1.29, 1.82) is 0 Å². The van der Waals surface area contributed by atoms with Crippen LogP contribution in [0.1, 0.15) is 20.3 Å². The molecule has 1 atom stereocenters. The summed E-state index contributed by atoms with van der Waals surface area (Å²) in [5, 5.41) is 2.94. The van der Waals surface area contributed by atoms with Crippen molar-refractivity contribution in [2.45, 2.75) is 26.3 Å². The van der Waals surface area contributed by atoms with E-state index in [2.05, 4.69) is 5.32 Å². The Balaban J connectivity index is 2.08. The molecule has 1 N–H and O–H groups in total. The van der Waals surface area contributed by atoms with E-state index in [0.29, 0.717) is 22.2 Å². The van der Waals surface area contributed by atoms with Gasteiger partial charge in [0.15, 0.2) is 6.61 Å². The number of hydrogen-bond acceptors (Lipinski definition) is 6. The third-order valence-corrected chi connectivity index (χ3v) is 4.29. The maximum Gasteiger partial charge on any atom is 0.311 e. The molecule has 0 bridgehead atoms. The van der Waals surface area contributed by atoms with E-state index in [0.717, 1.165) is 0 Å². The molecule has 2 rings (SSSR count). The molecule has 1 saturated heterocycles. The molecular weight excluding hydrogens is 376 g/mol. The van der Waals surface area contributed by atoms with Crippen LogP contribution < -0.4 is 19.7 Å². The fourth-order valence-corrected chi connectivity index (χ4v) is 3.01. The maximum absolute atomic E-state index is 12.4. The van der Waals surface area contributed by atoms with Crippen LogP contribution in [0.4, 0.5) is 5.69 Å². The molecule has 0 saturated carbocycles. The van der Waals surface area contributed by atoms with Crippen LogP contribution >= 0.6 is 11.6 Å². The largest absolute Gasteiger partial charge is 0.495 e. The molecule has 9 heteroatoms. The Morgan fingerprint density at radius 1 is 1.26 bits per heavy atom. The lowest BCUT2D eigenvalue weighted by Crippen LogP contribution is -2.35. The second-order valence-corrected chi connectivity index (χ2v) is 6.80. The third kappa shape index (κ3) is 5.03. The minimum Gasteiger partial charge on any atom is -0.495 e. The summed E-state index contributed by atoms with van der Waals surface area (Å²) in [6.45, 7) is 3.35. The number of amides is 2. The lowest BCUT2D eigenvalue weighted by molar-refractivity contribution is -0.152. The van der Waals surface area contributed by atoms with Crippen LogP contribution in [-0.2, 0) is 19.1 Å². The fraction of sp³-hybridized carbons (Fsp3) is 0.500. The number of carbonyl (C=O) groups is 3. The predicted molar refractivity (Wildman–Crippen MR) is 99.3 cm³/mol. The van der Waals surface area contributed by atoms with Crippen molar-refractivity contribution < 1.29 is 28.6 Å². The Labute approximate surface area is 162 Å². The minimum absolute atomic E-state index is 0.0164. The maximum atomic E-state index is 12.4. The van der Waals surface area contributed by atoms with Crippen molar-refractivity contribution in [3.63, 3.8) is 0 Å². The van der Waals surface area contributed by atoms with Crippen molar-refractivity contribution in [2.24, 2.45) is 5.92 Å². The van der Waals surface area contributed by atoms with E-state index in [1.807, 2.05) is 0 Å². The summed E-state index contributed by atoms with van der Waals surface area (Å²) in [5.41, 5.74) is 0.446. The van der Waals surface area contributed by atoms with E-state index in [1.54, 1.807) is 26.0 Å². The molecule has 0 aromatic heterocycles. The van der Waals surface area contributed by atoms with Crippen LogP contribution in [0.3, 0.4) is 0 Å². The molecule has 0 aliphatic carbocycles. The second-order valence-electron chi connectivity index (χ2n) is 6.39. The average Bonchev–Trinajstić information content (AvgIpc) is 3.00. The van der Waals surface area contributed by atoms with Gasteiger partial charge >= 0.3 is 5.97 Å². The van der Waals surface area contributed by atoms with Crippen molar-refractivity contribution in [1.82, 2.24) is 5.32 Å². The summed E-state index contributed by atoms with van der Waals surface area (Å²) in [5.74, 6) is -1.10. The lowest BCUT2D eigenvalue weighted by Gasteiger charge is -2.20. The fourth-order valence-electron chi connectivity index (χ4n) is 2.77. The molecule has 2 amide bonds. The van der Waals surface area contributed by atoms with Crippen LogP contribution in [-0.4, -0.2) is 51.2 Å². The summed E-state index contributed by atoms with van der Waals surface area (Å²) in [6, 6.07) is 3.08. The number of ether oxygens (including phenoxy) is 3. The molecule has 1 aliphatic heterocycles. The highest BCUT2D eigenvalue weighted by Crippen LogP contribution is 2.40. The van der Waals surface area contributed by atoms with Gasteiger partial charge in [0.05, 0.1) is 30.8 Å². The smallest absolute Gasteiger partial charge is 0.311 e. The van der Waals surface area contributed by atoms with E-state index < -0.39 is 11.9 Å². The van der Waals surface area contributed by atoms with E-state index in [9.17, 15) is 14.4 Å². The van der Waals surface area contributed by atoms with Crippen LogP contribution in [0.5, 0.6) is 11.5 Å². The van der Waals surface area contributed by atoms with Gasteiger partial charge in [0.25, 0.3) is 5.91 Å². The molecule has 8 nitrogen and oxygen atoms in total. The SMILES string of the molecule is COc1cc(OC)c(N2C[C@@H](C(=O)OCC(=O)NC(C)C)CC2=O)cc1Cl. The zero-order valence-corrected chi connectivity index (χ0v) is 16.5. The van der Waals surface area contributed by atoms with Gasteiger partial charge in [-0.15, -0.1) is 0 Å². The van der Waals surface area contributed by atoms with Crippen molar-refractivity contribution in [3.8, 4) is 11.5 Å². The summed E-state index contributed by atoms with van der Waals surface area (Å²) in [7, 11) is 2.94. The van der Waals surface area contributed by atoms with Crippen LogP contribution in [0, 0.1) is 5.92 Å². The highest BCUT2D eigenvalue weighted by Gasteiger charge is 2.37. The number of benzene rings is 1. The van der Waals surface area contributed by atoms with Crippen molar-refractivity contribution in [2.75, 3.05) is 32.3 Å². The number of esters is 1. The van der Waals surface area contributed by atoms with Crippen LogP contribution in [0.25, 0.3) is 0 Å². The number of hydrogen-bond donors (Lipinski definition) is 1. The van der Waals surface area contributed by atoms with E-state index in [1.165, 1.54) is 19.1 Å². The van der Waals surface area contributed by atoms with Gasteiger partial charge < -0.3 is 24.4 Å². The number of carbonyl (C=O) groups excluding carboxylic acids is 3. The number of nitrogens with zero attached hydrogens (tertiary/aromatic N) is 1. The Kier molecular flexibility index (Phi) is 6.90. The van der Waals surface area contributed by atoms with Gasteiger partial charge in [-0.05, 0) is 19.9 Å². The Hall–Kier alpha value is -2.48. The van der Waals surface area contributed by atoms with Gasteiger partial charge in [-0.1, -0.05) is 11.6 Å². The molecule has 0 spiro atoms. The first-order valence-electron chi connectivity index (χ1n) is 8.44. The lowest BCUT2D eigenvalue weighted by atomic mass is 10.1. The van der Waals surface area contributed by atoms with E-state index in [-0.39, 0.29) is 37.4 Å². The molecule has 0 radical (unpaired) electrons. The van der Waals surface area contributed by atoms with Crippen LogP contribution in [0.15, 0.2) is 12.1 Å². The van der Waals surface area contributed by atoms with Gasteiger partial charge in [0.2, 0.25) is 5.91 Å². The Morgan fingerprint density at radius 2 is 1.93 bits per heavy atom. The molecule has 1 aliphatic rings. The molecular formula is C18H23ClN2O6. The highest BCUT2D eigenvalue weighted by atomic mass is 35.5. The van der Waals surface area contributed by atoms with Gasteiger partial charge in [-0.25, -0.2) is 0 Å². The first kappa shape index (κ1) is 20.8. The van der Waals surface area contributed by atoms with E-state index in [4.69, 9.17) is 25.8 Å². The molecule has 1 heterocycles. The van der Waals surface area contributed by atoms with Crippen LogP contribution in [0.2, 0.25) is 5.02 Å². The number of anilines is 1. The molecule has 27 heavy (non-hydrogen) atoms. The Morgan fingerprint density at radius 3 is 2.52 bits per heavy atom. The average molecular weight is 399 g/mol. The van der Waals surface area contributed by atoms with Gasteiger partial charge in [-0.2, -0.15) is 0 Å². The number of rotatable bonds is 7. The topological polar surface area (TPSA) is 94.2 Å². The first-order chi connectivity index (χ1) is 12.8. The van der Waals surface area contributed by atoms with Gasteiger partial charge in [-0.3, -0.25) is 14.4 Å². The zero-order valence-electron chi connectivity index (χ0n) is 15.7. The highest BCUT2D eigenvalue weighted by molar-refractivity contribution is 6.32. The van der Waals surface area contributed by atoms with Crippen molar-refractivity contribution >= 4 is 35.1 Å². The summed E-state index contributed by atoms with van der Waals surface area (Å²) >= 11 is 6.15. The predicted octanol–water partition coefficient (Wildman–Crippen LogP) is 1.78. The van der Waals surface area contributed by atoms with Crippen molar-refractivity contribution in [3.05, 3.63) is 17.2 Å². The Bertz CT molecular complexity index is 737. The first-order valence-corrected chi connectivity index (χ1v) is 8.82. The standard InChI is InChI=1S/C18H23ClN2O6/c1-10(2)20-16(22)9-27-18(24)11-5-17(23)21(8-11)13-6-12(19)14(25-3)7-15(13)26-4/h6-7,10-11H,5,8-9H2,1-4H3,(H,20,22)/t11-/m0/s1. The zero-order chi connectivity index (χ0) is 20.1. The number of halogens is 1. The molecule has 1 aromatic carbocycles. The number of nitrogens with one attached hydrogen (secondary N) is 1. The quantitative estimate of drug-likeness (QED) is 0.703. The summed E-state index contributed by atoms with van der Waals surface area (Å²) in [6.07, 6.45) is -0.0164. The minimum atomic E-state index is -0.671. The van der Waals surface area contributed by atoms with Gasteiger partial charge in [0.1, 0.15) is 11.5 Å². The molecule has 148 valence electrons. The summed E-state index contributed by atoms with van der Waals surface area (Å²) in [4.78, 5) is 37.7. The van der Waals surface area contributed by atoms with E-state index >= 15 is 0 Å². The third-order valence-electron chi connectivity index (χ3n) is 4.00. The normalized spacial score (nSPS) is 16.4. The monoisotopic (exact) mass is 398 g/mol. The number of methoxy groups -OCH3 is 2. The molecule has 1 aromatic rings. The van der Waals surface area contributed by atoms with Gasteiger partial charge in [0, 0.05) is 25.1 Å². The second kappa shape index (κ2) is 8.94. The molecule has 0 unspecified atom stereocenters. The molecule has 1 fully saturated rings.